The zero-order valence-corrected chi connectivity index (χ0v) is 13.2. The van der Waals surface area contributed by atoms with Crippen molar-refractivity contribution in [3.05, 3.63) is 41.2 Å². The minimum atomic E-state index is -2.76. The Kier molecular flexibility index (Phi) is 3.50. The Bertz CT molecular complexity index is 937. The van der Waals surface area contributed by atoms with Gasteiger partial charge < -0.3 is 4.57 Å². The number of nitrogens with zero attached hydrogens (tertiary/aromatic N) is 4. The molecule has 0 atom stereocenters. The first-order chi connectivity index (χ1) is 10.3. The maximum atomic E-state index is 13.9. The lowest BCUT2D eigenvalue weighted by Crippen LogP contribution is -2.15. The largest absolute Gasteiger partial charge is 0.316 e. The second-order valence-electron chi connectivity index (χ2n) is 5.05. The molecule has 0 aliphatic rings. The van der Waals surface area contributed by atoms with Crippen molar-refractivity contribution in [1.82, 2.24) is 19.7 Å². The van der Waals surface area contributed by atoms with Crippen molar-refractivity contribution in [2.45, 2.75) is 0 Å². The Balaban J connectivity index is 2.31. The molecule has 0 aliphatic heterocycles. The third-order valence-corrected chi connectivity index (χ3v) is 4.44. The number of aromatic nitrogens is 4. The number of hydrogen-bond donors (Lipinski definition) is 0. The smallest absolute Gasteiger partial charge is 0.191 e. The van der Waals surface area contributed by atoms with Gasteiger partial charge in [-0.15, -0.1) is 0 Å². The topological polar surface area (TPSA) is 60.7 Å². The first-order valence-corrected chi connectivity index (χ1v) is 9.17. The molecule has 1 aromatic carbocycles. The van der Waals surface area contributed by atoms with E-state index in [0.29, 0.717) is 5.39 Å². The highest BCUT2D eigenvalue weighted by atomic mass is 35.5. The van der Waals surface area contributed by atoms with E-state index in [2.05, 4.69) is 15.1 Å². The van der Waals surface area contributed by atoms with Crippen molar-refractivity contribution in [2.75, 3.05) is 13.3 Å². The molecule has 5 nitrogen and oxygen atoms in total. The van der Waals surface area contributed by atoms with Crippen LogP contribution in [0, 0.1) is 11.6 Å². The number of rotatable bonds is 2. The Hall–Kier alpha value is -1.85. The van der Waals surface area contributed by atoms with Crippen molar-refractivity contribution in [1.29, 1.82) is 0 Å². The van der Waals surface area contributed by atoms with E-state index in [9.17, 15) is 13.3 Å². The molecule has 2 heterocycles. The number of hydrogen-bond acceptors (Lipinski definition) is 4. The van der Waals surface area contributed by atoms with Crippen molar-refractivity contribution in [3.63, 3.8) is 0 Å². The SMILES string of the molecule is CP(C)(=O)c1nc(Cl)c2cnn(-c3ccc(F)cc3F)c2n1. The van der Waals surface area contributed by atoms with Crippen LogP contribution in [0.2, 0.25) is 5.15 Å². The third-order valence-electron chi connectivity index (χ3n) is 2.99. The summed E-state index contributed by atoms with van der Waals surface area (Å²) >= 11 is 6.05. The molecule has 114 valence electrons. The van der Waals surface area contributed by atoms with Gasteiger partial charge in [-0.3, -0.25) is 0 Å². The van der Waals surface area contributed by atoms with Crippen LogP contribution in [0.15, 0.2) is 24.4 Å². The van der Waals surface area contributed by atoms with Gasteiger partial charge in [-0.05, 0) is 25.5 Å². The van der Waals surface area contributed by atoms with Crippen LogP contribution in [0.5, 0.6) is 0 Å². The monoisotopic (exact) mass is 342 g/mol. The van der Waals surface area contributed by atoms with Crippen molar-refractivity contribution >= 4 is 35.3 Å². The Labute approximate surface area is 129 Å². The molecular weight excluding hydrogens is 333 g/mol. The molecule has 22 heavy (non-hydrogen) atoms. The van der Waals surface area contributed by atoms with Crippen LogP contribution in [0.3, 0.4) is 0 Å². The van der Waals surface area contributed by atoms with Gasteiger partial charge in [-0.25, -0.2) is 23.4 Å². The molecular formula is C13H10ClF2N4OP. The molecule has 0 N–H and O–H groups in total. The minimum absolute atomic E-state index is 0.0131. The van der Waals surface area contributed by atoms with Crippen LogP contribution >= 0.6 is 18.7 Å². The Morgan fingerprint density at radius 1 is 1.23 bits per heavy atom. The lowest BCUT2D eigenvalue weighted by Gasteiger charge is -2.08. The van der Waals surface area contributed by atoms with Crippen molar-refractivity contribution in [2.24, 2.45) is 0 Å². The Morgan fingerprint density at radius 2 is 1.95 bits per heavy atom. The lowest BCUT2D eigenvalue weighted by molar-refractivity contribution is 0.574. The number of benzene rings is 1. The second-order valence-corrected chi connectivity index (χ2v) is 8.51. The highest BCUT2D eigenvalue weighted by molar-refractivity contribution is 7.69. The quantitative estimate of drug-likeness (QED) is 0.530. The van der Waals surface area contributed by atoms with Crippen LogP contribution in [0.25, 0.3) is 16.7 Å². The number of fused-ring (bicyclic) bond motifs is 1. The predicted molar refractivity (Wildman–Crippen MR) is 80.7 cm³/mol. The molecule has 0 saturated heterocycles. The van der Waals surface area contributed by atoms with Crippen LogP contribution in [0.4, 0.5) is 8.78 Å². The maximum absolute atomic E-state index is 13.9. The first-order valence-electron chi connectivity index (χ1n) is 6.19. The van der Waals surface area contributed by atoms with Gasteiger partial charge in [0.2, 0.25) is 0 Å². The van der Waals surface area contributed by atoms with E-state index in [1.807, 2.05) is 0 Å². The van der Waals surface area contributed by atoms with Gasteiger partial charge >= 0.3 is 0 Å². The minimum Gasteiger partial charge on any atom is -0.316 e. The molecule has 0 radical (unpaired) electrons. The predicted octanol–water partition coefficient (Wildman–Crippen LogP) is 3.00. The number of halogens is 3. The Morgan fingerprint density at radius 3 is 2.59 bits per heavy atom. The van der Waals surface area contributed by atoms with Gasteiger partial charge in [0.05, 0.1) is 11.6 Å². The second kappa shape index (κ2) is 5.11. The maximum Gasteiger partial charge on any atom is 0.191 e. The van der Waals surface area contributed by atoms with Crippen molar-refractivity contribution < 1.29 is 13.3 Å². The highest BCUT2D eigenvalue weighted by Gasteiger charge is 2.21. The van der Waals surface area contributed by atoms with E-state index in [4.69, 9.17) is 11.6 Å². The van der Waals surface area contributed by atoms with Crippen LogP contribution in [0.1, 0.15) is 0 Å². The summed E-state index contributed by atoms with van der Waals surface area (Å²) in [5, 5.41) is 4.49. The normalized spacial score (nSPS) is 12.0. The van der Waals surface area contributed by atoms with Crippen LogP contribution < -0.4 is 5.57 Å². The molecule has 0 fully saturated rings. The van der Waals surface area contributed by atoms with Gasteiger partial charge in [-0.1, -0.05) is 11.6 Å². The van der Waals surface area contributed by atoms with E-state index in [1.165, 1.54) is 30.3 Å². The molecule has 9 heteroatoms. The van der Waals surface area contributed by atoms with Gasteiger partial charge in [-0.2, -0.15) is 5.10 Å². The molecule has 3 aromatic rings. The van der Waals surface area contributed by atoms with Gasteiger partial charge in [0, 0.05) is 6.07 Å². The van der Waals surface area contributed by atoms with Gasteiger partial charge in [0.25, 0.3) is 0 Å². The van der Waals surface area contributed by atoms with Gasteiger partial charge in [0.15, 0.2) is 17.0 Å². The van der Waals surface area contributed by atoms with E-state index in [0.717, 1.165) is 12.1 Å². The fourth-order valence-corrected chi connectivity index (χ4v) is 2.88. The first kappa shape index (κ1) is 15.1. The van der Waals surface area contributed by atoms with Crippen LogP contribution in [-0.4, -0.2) is 33.1 Å². The average molecular weight is 343 g/mol. The molecule has 0 unspecified atom stereocenters. The van der Waals surface area contributed by atoms with Gasteiger partial charge in [0.1, 0.15) is 23.8 Å². The summed E-state index contributed by atoms with van der Waals surface area (Å²) < 4.78 is 40.3. The molecule has 0 saturated carbocycles. The zero-order chi connectivity index (χ0) is 16.1. The summed E-state index contributed by atoms with van der Waals surface area (Å²) in [7, 11) is -2.76. The molecule has 0 spiro atoms. The lowest BCUT2D eigenvalue weighted by atomic mass is 10.3. The molecule has 0 bridgehead atoms. The van der Waals surface area contributed by atoms with E-state index >= 15 is 0 Å². The summed E-state index contributed by atoms with van der Waals surface area (Å²) in [4.78, 5) is 8.19. The molecule has 2 aromatic heterocycles. The fourth-order valence-electron chi connectivity index (χ4n) is 1.93. The standard InChI is InChI=1S/C13H10ClF2N4OP/c1-22(2,21)13-18-11(14)8-6-17-20(12(8)19-13)10-4-3-7(15)5-9(10)16/h3-6H,1-2H3. The third kappa shape index (κ3) is 2.51. The summed E-state index contributed by atoms with van der Waals surface area (Å²) in [5.74, 6) is -1.49. The molecule has 0 amide bonds. The highest BCUT2D eigenvalue weighted by Crippen LogP contribution is 2.34. The van der Waals surface area contributed by atoms with Crippen LogP contribution in [-0.2, 0) is 4.57 Å². The zero-order valence-electron chi connectivity index (χ0n) is 11.6. The van der Waals surface area contributed by atoms with E-state index < -0.39 is 18.8 Å². The summed E-state index contributed by atoms with van der Waals surface area (Å²) in [6.45, 7) is 3.01. The van der Waals surface area contributed by atoms with E-state index in [1.54, 1.807) is 0 Å². The molecule has 0 aliphatic carbocycles. The summed E-state index contributed by atoms with van der Waals surface area (Å²) in [6, 6.07) is 3.10. The fraction of sp³-hybridized carbons (Fsp3) is 0.154. The summed E-state index contributed by atoms with van der Waals surface area (Å²) in [6.07, 6.45) is 1.38. The van der Waals surface area contributed by atoms with E-state index in [-0.39, 0.29) is 22.1 Å². The van der Waals surface area contributed by atoms with Crippen molar-refractivity contribution in [3.8, 4) is 5.69 Å². The summed E-state index contributed by atoms with van der Waals surface area (Å²) in [5.41, 5.74) is 0.304. The molecule has 3 rings (SSSR count). The average Bonchev–Trinajstić information content (AvgIpc) is 2.82.